The molecule has 1 aliphatic rings. The summed E-state index contributed by atoms with van der Waals surface area (Å²) in [5, 5.41) is 13.1. The third-order valence-electron chi connectivity index (χ3n) is 3.55. The lowest BCUT2D eigenvalue weighted by Crippen LogP contribution is -2.33. The maximum absolute atomic E-state index is 9.79. The fourth-order valence-corrected chi connectivity index (χ4v) is 2.88. The number of ether oxygens (including phenoxy) is 1. The molecule has 0 aliphatic carbocycles. The molecule has 1 aliphatic heterocycles. The molecule has 6 heteroatoms. The largest absolute Gasteiger partial charge is 0.503 e. The van der Waals surface area contributed by atoms with Crippen molar-refractivity contribution in [2.45, 2.75) is 18.9 Å². The van der Waals surface area contributed by atoms with Gasteiger partial charge in [0, 0.05) is 6.04 Å². The van der Waals surface area contributed by atoms with Gasteiger partial charge in [-0.05, 0) is 65.5 Å². The van der Waals surface area contributed by atoms with Crippen LogP contribution in [0.4, 0.5) is 0 Å². The van der Waals surface area contributed by atoms with Gasteiger partial charge in [0.2, 0.25) is 0 Å². The highest BCUT2D eigenvalue weighted by Crippen LogP contribution is 2.38. The number of rotatable bonds is 3. The molecule has 0 amide bonds. The number of phenolic OH excluding ortho intramolecular Hbond substituents is 1. The van der Waals surface area contributed by atoms with Crippen LogP contribution in [0.25, 0.3) is 0 Å². The first-order chi connectivity index (χ1) is 8.63. The van der Waals surface area contributed by atoms with Crippen molar-refractivity contribution in [2.24, 2.45) is 11.7 Å². The molecule has 1 atom stereocenters. The normalized spacial score (nSPS) is 17.6. The Bertz CT molecular complexity index is 425. The van der Waals surface area contributed by atoms with E-state index in [1.54, 1.807) is 7.11 Å². The van der Waals surface area contributed by atoms with Crippen molar-refractivity contribution in [3.05, 3.63) is 22.2 Å². The van der Waals surface area contributed by atoms with Crippen LogP contribution in [0.1, 0.15) is 24.4 Å². The molecule has 1 aromatic carbocycles. The molecule has 4 nitrogen and oxygen atoms in total. The fourth-order valence-electron chi connectivity index (χ4n) is 2.42. The van der Waals surface area contributed by atoms with Gasteiger partial charge in [0.15, 0.2) is 11.5 Å². The highest BCUT2D eigenvalue weighted by atomic mass is 79.9. The molecule has 0 spiro atoms. The second-order valence-corrected chi connectivity index (χ2v) is 5.52. The highest BCUT2D eigenvalue weighted by molar-refractivity contribution is 9.10. The van der Waals surface area contributed by atoms with Crippen LogP contribution < -0.4 is 15.8 Å². The Kier molecular flexibility index (Phi) is 6.39. The average Bonchev–Trinajstić information content (AvgIpc) is 2.42. The van der Waals surface area contributed by atoms with E-state index in [2.05, 4.69) is 21.2 Å². The number of phenols is 1. The third-order valence-corrected chi connectivity index (χ3v) is 4.15. The van der Waals surface area contributed by atoms with E-state index in [-0.39, 0.29) is 24.2 Å². The molecular weight excluding hydrogens is 332 g/mol. The topological polar surface area (TPSA) is 67.5 Å². The average molecular weight is 352 g/mol. The van der Waals surface area contributed by atoms with Gasteiger partial charge in [0.25, 0.3) is 0 Å². The summed E-state index contributed by atoms with van der Waals surface area (Å²) in [7, 11) is 1.54. The standard InChI is InChI=1S/C13H19BrN2O2.ClH/c1-18-11-7-9(6-10(14)13(11)17)12(15)8-2-4-16-5-3-8;/h6-8,12,16-17H,2-5,15H2,1H3;1H/t12-;/m1./s1. The maximum Gasteiger partial charge on any atom is 0.172 e. The molecule has 1 heterocycles. The van der Waals surface area contributed by atoms with Gasteiger partial charge in [-0.2, -0.15) is 0 Å². The quantitative estimate of drug-likeness (QED) is 0.783. The molecule has 0 aromatic heterocycles. The second-order valence-electron chi connectivity index (χ2n) is 4.67. The number of halogens is 2. The number of methoxy groups -OCH3 is 1. The summed E-state index contributed by atoms with van der Waals surface area (Å²) < 4.78 is 5.78. The Balaban J connectivity index is 0.00000180. The summed E-state index contributed by atoms with van der Waals surface area (Å²) in [6.07, 6.45) is 2.17. The van der Waals surface area contributed by atoms with Gasteiger partial charge in [0.05, 0.1) is 11.6 Å². The minimum Gasteiger partial charge on any atom is -0.503 e. The van der Waals surface area contributed by atoms with Crippen LogP contribution in [0, 0.1) is 5.92 Å². The monoisotopic (exact) mass is 350 g/mol. The first-order valence-electron chi connectivity index (χ1n) is 6.16. The zero-order chi connectivity index (χ0) is 13.1. The Morgan fingerprint density at radius 1 is 1.42 bits per heavy atom. The van der Waals surface area contributed by atoms with E-state index in [1.807, 2.05) is 12.1 Å². The molecule has 108 valence electrons. The van der Waals surface area contributed by atoms with Crippen LogP contribution in [0.2, 0.25) is 0 Å². The lowest BCUT2D eigenvalue weighted by atomic mass is 9.86. The molecule has 1 fully saturated rings. The third kappa shape index (κ3) is 3.75. The minimum absolute atomic E-state index is 0. The molecule has 2 rings (SSSR count). The van der Waals surface area contributed by atoms with Gasteiger partial charge in [-0.1, -0.05) is 0 Å². The van der Waals surface area contributed by atoms with Gasteiger partial charge in [-0.25, -0.2) is 0 Å². The van der Waals surface area contributed by atoms with Crippen molar-refractivity contribution >= 4 is 28.3 Å². The molecular formula is C13H20BrClN2O2. The fraction of sp³-hybridized carbons (Fsp3) is 0.538. The van der Waals surface area contributed by atoms with Gasteiger partial charge in [-0.3, -0.25) is 0 Å². The number of piperidine rings is 1. The number of hydrogen-bond donors (Lipinski definition) is 3. The number of nitrogens with one attached hydrogen (secondary N) is 1. The van der Waals surface area contributed by atoms with E-state index in [9.17, 15) is 5.11 Å². The van der Waals surface area contributed by atoms with E-state index in [0.29, 0.717) is 16.1 Å². The number of aromatic hydroxyl groups is 1. The lowest BCUT2D eigenvalue weighted by molar-refractivity contribution is 0.320. The van der Waals surface area contributed by atoms with E-state index < -0.39 is 0 Å². The molecule has 0 radical (unpaired) electrons. The summed E-state index contributed by atoms with van der Waals surface area (Å²) in [6, 6.07) is 3.69. The minimum atomic E-state index is -0.0158. The smallest absolute Gasteiger partial charge is 0.172 e. The zero-order valence-corrected chi connectivity index (χ0v) is 13.3. The van der Waals surface area contributed by atoms with Crippen LogP contribution in [0.15, 0.2) is 16.6 Å². The molecule has 4 N–H and O–H groups in total. The number of benzene rings is 1. The van der Waals surface area contributed by atoms with Crippen molar-refractivity contribution in [3.8, 4) is 11.5 Å². The zero-order valence-electron chi connectivity index (χ0n) is 10.9. The Labute approximate surface area is 128 Å². The van der Waals surface area contributed by atoms with E-state index >= 15 is 0 Å². The summed E-state index contributed by atoms with van der Waals surface area (Å²) in [4.78, 5) is 0. The predicted molar refractivity (Wildman–Crippen MR) is 82.1 cm³/mol. The molecule has 0 saturated carbocycles. The van der Waals surface area contributed by atoms with Crippen molar-refractivity contribution < 1.29 is 9.84 Å². The first-order valence-corrected chi connectivity index (χ1v) is 6.95. The second kappa shape index (κ2) is 7.33. The first kappa shape index (κ1) is 16.6. The Morgan fingerprint density at radius 2 is 2.05 bits per heavy atom. The van der Waals surface area contributed by atoms with Crippen molar-refractivity contribution in [1.29, 1.82) is 0 Å². The summed E-state index contributed by atoms with van der Waals surface area (Å²) in [5.41, 5.74) is 7.33. The van der Waals surface area contributed by atoms with Crippen LogP contribution in [0.5, 0.6) is 11.5 Å². The maximum atomic E-state index is 9.79. The molecule has 0 bridgehead atoms. The van der Waals surface area contributed by atoms with Crippen molar-refractivity contribution in [2.75, 3.05) is 20.2 Å². The molecule has 1 saturated heterocycles. The summed E-state index contributed by atoms with van der Waals surface area (Å²) in [5.74, 6) is 1.06. The van der Waals surface area contributed by atoms with Gasteiger partial charge in [-0.15, -0.1) is 12.4 Å². The van der Waals surface area contributed by atoms with Crippen molar-refractivity contribution in [3.63, 3.8) is 0 Å². The molecule has 19 heavy (non-hydrogen) atoms. The van der Waals surface area contributed by atoms with Crippen LogP contribution in [-0.4, -0.2) is 25.3 Å². The van der Waals surface area contributed by atoms with Gasteiger partial charge < -0.3 is 20.9 Å². The van der Waals surface area contributed by atoms with Crippen LogP contribution >= 0.6 is 28.3 Å². The summed E-state index contributed by atoms with van der Waals surface area (Å²) in [6.45, 7) is 2.05. The number of hydrogen-bond acceptors (Lipinski definition) is 4. The van der Waals surface area contributed by atoms with E-state index in [4.69, 9.17) is 10.5 Å². The lowest BCUT2D eigenvalue weighted by Gasteiger charge is -2.28. The van der Waals surface area contributed by atoms with E-state index in [0.717, 1.165) is 31.5 Å². The van der Waals surface area contributed by atoms with Gasteiger partial charge >= 0.3 is 0 Å². The Hall–Kier alpha value is -0.490. The summed E-state index contributed by atoms with van der Waals surface area (Å²) >= 11 is 3.33. The SMILES string of the molecule is COc1cc([C@H](N)C2CCNCC2)cc(Br)c1O.Cl. The van der Waals surface area contributed by atoms with Crippen LogP contribution in [-0.2, 0) is 0 Å². The van der Waals surface area contributed by atoms with Gasteiger partial charge in [0.1, 0.15) is 0 Å². The molecule has 1 aromatic rings. The van der Waals surface area contributed by atoms with Crippen molar-refractivity contribution in [1.82, 2.24) is 5.32 Å². The number of nitrogens with two attached hydrogens (primary N) is 1. The van der Waals surface area contributed by atoms with E-state index in [1.165, 1.54) is 0 Å². The van der Waals surface area contributed by atoms with Crippen LogP contribution in [0.3, 0.4) is 0 Å². The predicted octanol–water partition coefficient (Wildman–Crippen LogP) is 2.58. The Morgan fingerprint density at radius 3 is 2.63 bits per heavy atom. The highest BCUT2D eigenvalue weighted by Gasteiger charge is 2.23. The molecule has 0 unspecified atom stereocenters.